The van der Waals surface area contributed by atoms with Crippen molar-refractivity contribution in [1.82, 2.24) is 15.0 Å². The van der Waals surface area contributed by atoms with Crippen LogP contribution >= 0.6 is 0 Å². The highest BCUT2D eigenvalue weighted by Gasteiger charge is 2.09. The van der Waals surface area contributed by atoms with Gasteiger partial charge in [-0.05, 0) is 20.8 Å². The van der Waals surface area contributed by atoms with Crippen LogP contribution in [0.25, 0.3) is 0 Å². The van der Waals surface area contributed by atoms with Gasteiger partial charge < -0.3 is 20.5 Å². The van der Waals surface area contributed by atoms with Crippen LogP contribution in [0.3, 0.4) is 0 Å². The molecule has 3 N–H and O–H groups in total. The Labute approximate surface area is 101 Å². The van der Waals surface area contributed by atoms with E-state index in [1.165, 1.54) is 0 Å². The lowest BCUT2D eigenvalue weighted by Crippen LogP contribution is -2.23. The van der Waals surface area contributed by atoms with Gasteiger partial charge in [-0.15, -0.1) is 0 Å². The quantitative estimate of drug-likeness (QED) is 0.756. The van der Waals surface area contributed by atoms with Gasteiger partial charge >= 0.3 is 6.01 Å². The first kappa shape index (κ1) is 13.4. The van der Waals surface area contributed by atoms with Crippen LogP contribution in [-0.4, -0.2) is 40.8 Å². The third kappa shape index (κ3) is 4.81. The van der Waals surface area contributed by atoms with E-state index in [4.69, 9.17) is 15.2 Å². The molecule has 17 heavy (non-hydrogen) atoms. The van der Waals surface area contributed by atoms with Crippen molar-refractivity contribution < 1.29 is 9.47 Å². The maximum absolute atomic E-state index is 5.57. The molecule has 1 unspecified atom stereocenters. The average Bonchev–Trinajstić information content (AvgIpc) is 2.14. The van der Waals surface area contributed by atoms with Gasteiger partial charge in [0.05, 0.1) is 12.7 Å². The van der Waals surface area contributed by atoms with Crippen molar-refractivity contribution in [3.8, 4) is 6.01 Å². The Balaban J connectivity index is 2.74. The molecule has 0 amide bonds. The van der Waals surface area contributed by atoms with E-state index < -0.39 is 0 Å². The minimum Gasteiger partial charge on any atom is -0.461 e. The first-order valence-electron chi connectivity index (χ1n) is 5.45. The zero-order valence-corrected chi connectivity index (χ0v) is 10.6. The van der Waals surface area contributed by atoms with Crippen LogP contribution in [0.15, 0.2) is 0 Å². The molecule has 0 fully saturated rings. The summed E-state index contributed by atoms with van der Waals surface area (Å²) in [6.07, 6.45) is -0.0129. The largest absolute Gasteiger partial charge is 0.461 e. The zero-order chi connectivity index (χ0) is 12.8. The SMILES string of the molecule is COCC(C)Nc1nc(N)nc(OC(C)C)n1. The third-order valence-electron chi connectivity index (χ3n) is 1.77. The summed E-state index contributed by atoms with van der Waals surface area (Å²) >= 11 is 0. The molecule has 0 aromatic carbocycles. The lowest BCUT2D eigenvalue weighted by atomic mass is 10.4. The van der Waals surface area contributed by atoms with Crippen LogP contribution < -0.4 is 15.8 Å². The summed E-state index contributed by atoms with van der Waals surface area (Å²) < 4.78 is 10.4. The van der Waals surface area contributed by atoms with Crippen molar-refractivity contribution >= 4 is 11.9 Å². The van der Waals surface area contributed by atoms with Crippen LogP contribution in [0.4, 0.5) is 11.9 Å². The number of aromatic nitrogens is 3. The van der Waals surface area contributed by atoms with E-state index in [0.29, 0.717) is 12.6 Å². The van der Waals surface area contributed by atoms with Crippen molar-refractivity contribution in [2.24, 2.45) is 0 Å². The maximum atomic E-state index is 5.57. The van der Waals surface area contributed by atoms with Crippen LogP contribution in [0.5, 0.6) is 6.01 Å². The molecular weight excluding hydrogens is 222 g/mol. The van der Waals surface area contributed by atoms with Crippen LogP contribution in [-0.2, 0) is 4.74 Å². The minimum atomic E-state index is -0.0129. The number of ether oxygens (including phenoxy) is 2. The predicted octanol–water partition coefficient (Wildman–Crippen LogP) is 0.688. The predicted molar refractivity (Wildman–Crippen MR) is 65.0 cm³/mol. The molecule has 1 aromatic heterocycles. The molecule has 7 nitrogen and oxygen atoms in total. The molecule has 1 atom stereocenters. The van der Waals surface area contributed by atoms with Crippen LogP contribution in [0.2, 0.25) is 0 Å². The number of hydrogen-bond donors (Lipinski definition) is 2. The van der Waals surface area contributed by atoms with Crippen molar-refractivity contribution in [2.45, 2.75) is 32.9 Å². The van der Waals surface area contributed by atoms with Gasteiger partial charge in [-0.3, -0.25) is 0 Å². The average molecular weight is 241 g/mol. The Hall–Kier alpha value is -1.63. The van der Waals surface area contributed by atoms with E-state index in [1.54, 1.807) is 7.11 Å². The van der Waals surface area contributed by atoms with E-state index in [9.17, 15) is 0 Å². The van der Waals surface area contributed by atoms with Gasteiger partial charge in [-0.2, -0.15) is 15.0 Å². The molecule has 0 aliphatic carbocycles. The van der Waals surface area contributed by atoms with Gasteiger partial charge in [0.1, 0.15) is 0 Å². The Bertz CT molecular complexity index is 359. The number of nitrogen functional groups attached to an aromatic ring is 1. The molecule has 0 aliphatic heterocycles. The zero-order valence-electron chi connectivity index (χ0n) is 10.6. The normalized spacial score (nSPS) is 12.5. The van der Waals surface area contributed by atoms with E-state index in [0.717, 1.165) is 0 Å². The first-order chi connectivity index (χ1) is 8.01. The number of hydrogen-bond acceptors (Lipinski definition) is 7. The standard InChI is InChI=1S/C10H19N5O2/c1-6(2)17-10-14-8(11)13-9(15-10)12-7(3)5-16-4/h6-7H,5H2,1-4H3,(H3,11,12,13,14,15). The van der Waals surface area contributed by atoms with Gasteiger partial charge in [0.15, 0.2) is 0 Å². The first-order valence-corrected chi connectivity index (χ1v) is 5.45. The molecule has 0 saturated heterocycles. The summed E-state index contributed by atoms with van der Waals surface area (Å²) in [6, 6.07) is 0.299. The highest BCUT2D eigenvalue weighted by molar-refractivity contribution is 5.33. The smallest absolute Gasteiger partial charge is 0.323 e. The maximum Gasteiger partial charge on any atom is 0.323 e. The van der Waals surface area contributed by atoms with E-state index in [2.05, 4.69) is 20.3 Å². The number of rotatable bonds is 6. The second-order valence-corrected chi connectivity index (χ2v) is 3.97. The second-order valence-electron chi connectivity index (χ2n) is 3.97. The third-order valence-corrected chi connectivity index (χ3v) is 1.77. The topological polar surface area (TPSA) is 95.2 Å². The van der Waals surface area contributed by atoms with Gasteiger partial charge in [-0.1, -0.05) is 0 Å². The minimum absolute atomic E-state index is 0.0129. The molecule has 7 heteroatoms. The van der Waals surface area contributed by atoms with Crippen molar-refractivity contribution in [3.63, 3.8) is 0 Å². The van der Waals surface area contributed by atoms with Gasteiger partial charge in [-0.25, -0.2) is 0 Å². The van der Waals surface area contributed by atoms with Crippen molar-refractivity contribution in [2.75, 3.05) is 24.8 Å². The highest BCUT2D eigenvalue weighted by Crippen LogP contribution is 2.11. The molecule has 0 saturated carbocycles. The van der Waals surface area contributed by atoms with Crippen LogP contribution in [0, 0.1) is 0 Å². The summed E-state index contributed by atoms with van der Waals surface area (Å²) in [6.45, 7) is 6.28. The van der Waals surface area contributed by atoms with Crippen molar-refractivity contribution in [3.05, 3.63) is 0 Å². The molecule has 0 aliphatic rings. The Morgan fingerprint density at radius 2 is 1.94 bits per heavy atom. The number of anilines is 2. The van der Waals surface area contributed by atoms with E-state index in [1.807, 2.05) is 20.8 Å². The van der Waals surface area contributed by atoms with Gasteiger partial charge in [0.2, 0.25) is 11.9 Å². The molecule has 0 bridgehead atoms. The molecule has 0 spiro atoms. The Morgan fingerprint density at radius 3 is 2.53 bits per heavy atom. The molecular formula is C10H19N5O2. The van der Waals surface area contributed by atoms with E-state index >= 15 is 0 Å². The number of methoxy groups -OCH3 is 1. The fourth-order valence-corrected chi connectivity index (χ4v) is 1.21. The summed E-state index contributed by atoms with van der Waals surface area (Å²) in [7, 11) is 1.63. The lowest BCUT2D eigenvalue weighted by Gasteiger charge is -2.14. The monoisotopic (exact) mass is 241 g/mol. The fraction of sp³-hybridized carbons (Fsp3) is 0.700. The number of nitrogens with two attached hydrogens (primary N) is 1. The number of nitrogens with zero attached hydrogens (tertiary/aromatic N) is 3. The summed E-state index contributed by atoms with van der Waals surface area (Å²) in [4.78, 5) is 12.0. The van der Waals surface area contributed by atoms with Gasteiger partial charge in [0.25, 0.3) is 0 Å². The summed E-state index contributed by atoms with van der Waals surface area (Å²) in [5.41, 5.74) is 5.57. The Morgan fingerprint density at radius 1 is 1.24 bits per heavy atom. The molecule has 96 valence electrons. The fourth-order valence-electron chi connectivity index (χ4n) is 1.21. The molecule has 0 radical (unpaired) electrons. The summed E-state index contributed by atoms with van der Waals surface area (Å²) in [5.74, 6) is 0.514. The van der Waals surface area contributed by atoms with Crippen LogP contribution in [0.1, 0.15) is 20.8 Å². The summed E-state index contributed by atoms with van der Waals surface area (Å²) in [5, 5.41) is 3.05. The number of nitrogens with one attached hydrogen (secondary N) is 1. The highest BCUT2D eigenvalue weighted by atomic mass is 16.5. The lowest BCUT2D eigenvalue weighted by molar-refractivity contribution is 0.190. The Kier molecular flexibility index (Phi) is 4.89. The molecule has 1 rings (SSSR count). The molecule has 1 heterocycles. The van der Waals surface area contributed by atoms with Gasteiger partial charge in [0, 0.05) is 13.2 Å². The second kappa shape index (κ2) is 6.19. The van der Waals surface area contributed by atoms with Crippen molar-refractivity contribution in [1.29, 1.82) is 0 Å². The van der Waals surface area contributed by atoms with E-state index in [-0.39, 0.29) is 24.1 Å². The molecule has 1 aromatic rings.